The van der Waals surface area contributed by atoms with E-state index in [-0.39, 0.29) is 0 Å². The summed E-state index contributed by atoms with van der Waals surface area (Å²) in [6.45, 7) is 7.55. The third-order valence-corrected chi connectivity index (χ3v) is 2.48. The first-order valence-corrected chi connectivity index (χ1v) is 5.97. The Kier molecular flexibility index (Phi) is 5.49. The lowest BCUT2D eigenvalue weighted by Crippen LogP contribution is -2.27. The van der Waals surface area contributed by atoms with Crippen LogP contribution in [0.5, 0.6) is 0 Å². The highest BCUT2D eigenvalue weighted by Gasteiger charge is 2.02. The van der Waals surface area contributed by atoms with Crippen molar-refractivity contribution >= 4 is 0 Å². The third kappa shape index (κ3) is 5.28. The fraction of sp³-hybridized carbons (Fsp3) is 0.750. The molecule has 92 valence electrons. The Labute approximate surface area is 98.6 Å². The van der Waals surface area contributed by atoms with E-state index in [0.29, 0.717) is 6.04 Å². The minimum absolute atomic E-state index is 0.587. The molecule has 0 atom stereocenters. The molecular formula is C12H24N4. The van der Waals surface area contributed by atoms with Crippen molar-refractivity contribution in [1.82, 2.24) is 20.0 Å². The summed E-state index contributed by atoms with van der Waals surface area (Å²) in [6, 6.07) is 0.587. The maximum absolute atomic E-state index is 4.17. The summed E-state index contributed by atoms with van der Waals surface area (Å²) in [5, 5.41) is 7.59. The van der Waals surface area contributed by atoms with Gasteiger partial charge in [-0.1, -0.05) is 13.8 Å². The van der Waals surface area contributed by atoms with Gasteiger partial charge in [-0.2, -0.15) is 5.10 Å². The third-order valence-electron chi connectivity index (χ3n) is 2.48. The Morgan fingerprint density at radius 1 is 1.50 bits per heavy atom. The quantitative estimate of drug-likeness (QED) is 0.707. The summed E-state index contributed by atoms with van der Waals surface area (Å²) in [5.41, 5.74) is 1.28. The van der Waals surface area contributed by atoms with Gasteiger partial charge in [0.2, 0.25) is 0 Å². The van der Waals surface area contributed by atoms with Crippen LogP contribution < -0.4 is 5.32 Å². The van der Waals surface area contributed by atoms with Gasteiger partial charge in [0.25, 0.3) is 0 Å². The van der Waals surface area contributed by atoms with Crippen molar-refractivity contribution in [3.05, 3.63) is 18.0 Å². The Morgan fingerprint density at radius 3 is 2.81 bits per heavy atom. The molecule has 0 fully saturated rings. The topological polar surface area (TPSA) is 33.1 Å². The van der Waals surface area contributed by atoms with Crippen LogP contribution in [0.25, 0.3) is 0 Å². The first-order chi connectivity index (χ1) is 7.58. The van der Waals surface area contributed by atoms with Gasteiger partial charge in [0.05, 0.1) is 6.20 Å². The molecule has 0 aliphatic carbocycles. The molecule has 0 saturated heterocycles. The SMILES string of the molecule is CC(C)NCCCN(C)Cc1cnn(C)c1. The van der Waals surface area contributed by atoms with E-state index in [0.717, 1.165) is 19.6 Å². The summed E-state index contributed by atoms with van der Waals surface area (Å²) < 4.78 is 1.85. The zero-order valence-electron chi connectivity index (χ0n) is 10.9. The first-order valence-electron chi connectivity index (χ1n) is 5.97. The molecule has 0 unspecified atom stereocenters. The van der Waals surface area contributed by atoms with Gasteiger partial charge in [-0.3, -0.25) is 4.68 Å². The van der Waals surface area contributed by atoms with E-state index in [1.54, 1.807) is 0 Å². The second-order valence-corrected chi connectivity index (χ2v) is 4.72. The molecule has 0 amide bonds. The Morgan fingerprint density at radius 2 is 2.25 bits per heavy atom. The predicted octanol–water partition coefficient (Wildman–Crippen LogP) is 1.24. The molecule has 4 heteroatoms. The zero-order valence-corrected chi connectivity index (χ0v) is 10.9. The summed E-state index contributed by atoms with van der Waals surface area (Å²) in [6.07, 6.45) is 5.20. The fourth-order valence-corrected chi connectivity index (χ4v) is 1.68. The normalized spacial score (nSPS) is 11.6. The second kappa shape index (κ2) is 6.66. The van der Waals surface area contributed by atoms with Crippen LogP contribution in [0.4, 0.5) is 0 Å². The fourth-order valence-electron chi connectivity index (χ4n) is 1.68. The largest absolute Gasteiger partial charge is 0.314 e. The standard InChI is InChI=1S/C12H24N4/c1-11(2)13-6-5-7-15(3)9-12-8-14-16(4)10-12/h8,10-11,13H,5-7,9H2,1-4H3. The lowest BCUT2D eigenvalue weighted by atomic mass is 10.3. The van der Waals surface area contributed by atoms with Gasteiger partial charge in [0.15, 0.2) is 0 Å². The predicted molar refractivity (Wildman–Crippen MR) is 67.3 cm³/mol. The van der Waals surface area contributed by atoms with Crippen molar-refractivity contribution in [1.29, 1.82) is 0 Å². The molecule has 0 aromatic carbocycles. The molecular weight excluding hydrogens is 200 g/mol. The van der Waals surface area contributed by atoms with E-state index in [1.807, 2.05) is 17.9 Å². The zero-order chi connectivity index (χ0) is 12.0. The van der Waals surface area contributed by atoms with Crippen molar-refractivity contribution in [3.8, 4) is 0 Å². The van der Waals surface area contributed by atoms with Crippen molar-refractivity contribution in [2.24, 2.45) is 7.05 Å². The van der Waals surface area contributed by atoms with E-state index in [1.165, 1.54) is 12.0 Å². The van der Waals surface area contributed by atoms with Crippen LogP contribution >= 0.6 is 0 Å². The van der Waals surface area contributed by atoms with Crippen LogP contribution in [0.1, 0.15) is 25.8 Å². The smallest absolute Gasteiger partial charge is 0.0534 e. The van der Waals surface area contributed by atoms with Gasteiger partial charge in [-0.15, -0.1) is 0 Å². The molecule has 1 aromatic rings. The Bertz CT molecular complexity index is 293. The number of hydrogen-bond donors (Lipinski definition) is 1. The Balaban J connectivity index is 2.13. The highest BCUT2D eigenvalue weighted by Crippen LogP contribution is 2.01. The van der Waals surface area contributed by atoms with Crippen molar-refractivity contribution in [3.63, 3.8) is 0 Å². The maximum atomic E-state index is 4.17. The van der Waals surface area contributed by atoms with Gasteiger partial charge in [0, 0.05) is 31.4 Å². The van der Waals surface area contributed by atoms with Gasteiger partial charge >= 0.3 is 0 Å². The van der Waals surface area contributed by atoms with Crippen LogP contribution in [0.2, 0.25) is 0 Å². The average Bonchev–Trinajstić information content (AvgIpc) is 2.58. The number of nitrogens with one attached hydrogen (secondary N) is 1. The number of aromatic nitrogens is 2. The van der Waals surface area contributed by atoms with Crippen LogP contribution in [0.3, 0.4) is 0 Å². The number of hydrogen-bond acceptors (Lipinski definition) is 3. The van der Waals surface area contributed by atoms with Crippen LogP contribution in [0.15, 0.2) is 12.4 Å². The molecule has 0 aliphatic heterocycles. The number of rotatable bonds is 7. The average molecular weight is 224 g/mol. The molecule has 0 spiro atoms. The van der Waals surface area contributed by atoms with Crippen molar-refractivity contribution in [2.45, 2.75) is 32.9 Å². The molecule has 1 rings (SSSR count). The van der Waals surface area contributed by atoms with Crippen molar-refractivity contribution in [2.75, 3.05) is 20.1 Å². The van der Waals surface area contributed by atoms with Gasteiger partial charge < -0.3 is 10.2 Å². The molecule has 4 nitrogen and oxygen atoms in total. The highest BCUT2D eigenvalue weighted by atomic mass is 15.2. The highest BCUT2D eigenvalue weighted by molar-refractivity contribution is 5.02. The second-order valence-electron chi connectivity index (χ2n) is 4.72. The van der Waals surface area contributed by atoms with Crippen LogP contribution in [-0.2, 0) is 13.6 Å². The lowest BCUT2D eigenvalue weighted by molar-refractivity contribution is 0.318. The first kappa shape index (κ1) is 13.2. The summed E-state index contributed by atoms with van der Waals surface area (Å²) >= 11 is 0. The monoisotopic (exact) mass is 224 g/mol. The van der Waals surface area contributed by atoms with Crippen molar-refractivity contribution < 1.29 is 0 Å². The molecule has 1 aromatic heterocycles. The number of aryl methyl sites for hydroxylation is 1. The van der Waals surface area contributed by atoms with E-state index in [9.17, 15) is 0 Å². The van der Waals surface area contributed by atoms with E-state index in [2.05, 4.69) is 42.4 Å². The molecule has 1 N–H and O–H groups in total. The minimum Gasteiger partial charge on any atom is -0.314 e. The summed E-state index contributed by atoms with van der Waals surface area (Å²) in [5.74, 6) is 0. The number of nitrogens with zero attached hydrogens (tertiary/aromatic N) is 3. The van der Waals surface area contributed by atoms with Crippen LogP contribution in [-0.4, -0.2) is 40.9 Å². The molecule has 0 radical (unpaired) electrons. The summed E-state index contributed by atoms with van der Waals surface area (Å²) in [4.78, 5) is 2.33. The minimum atomic E-state index is 0.587. The molecule has 0 aliphatic rings. The molecule has 0 bridgehead atoms. The Hall–Kier alpha value is -0.870. The molecule has 0 saturated carbocycles. The maximum Gasteiger partial charge on any atom is 0.0534 e. The van der Waals surface area contributed by atoms with E-state index < -0.39 is 0 Å². The molecule has 16 heavy (non-hydrogen) atoms. The van der Waals surface area contributed by atoms with E-state index >= 15 is 0 Å². The molecule has 1 heterocycles. The van der Waals surface area contributed by atoms with Gasteiger partial charge in [-0.25, -0.2) is 0 Å². The summed E-state index contributed by atoms with van der Waals surface area (Å²) in [7, 11) is 4.11. The van der Waals surface area contributed by atoms with Gasteiger partial charge in [0.1, 0.15) is 0 Å². The van der Waals surface area contributed by atoms with E-state index in [4.69, 9.17) is 0 Å². The van der Waals surface area contributed by atoms with Gasteiger partial charge in [-0.05, 0) is 26.6 Å². The lowest BCUT2D eigenvalue weighted by Gasteiger charge is -2.16. The van der Waals surface area contributed by atoms with Crippen LogP contribution in [0, 0.1) is 0 Å².